The lowest BCUT2D eigenvalue weighted by Gasteiger charge is -1.98. The van der Waals surface area contributed by atoms with Crippen molar-refractivity contribution < 1.29 is 4.84 Å². The number of benzene rings is 1. The number of halogens is 1. The Morgan fingerprint density at radius 3 is 2.42 bits per heavy atom. The second-order valence-corrected chi connectivity index (χ2v) is 3.61. The van der Waals surface area contributed by atoms with Crippen molar-refractivity contribution in [1.29, 1.82) is 0 Å². The zero-order valence-electron chi connectivity index (χ0n) is 7.04. The Kier molecular flexibility index (Phi) is 3.52. The monoisotopic (exact) mass is 275 g/mol. The molecule has 2 nitrogen and oxygen atoms in total. The van der Waals surface area contributed by atoms with Gasteiger partial charge in [0.15, 0.2) is 0 Å². The molecule has 0 saturated carbocycles. The molecule has 0 aromatic heterocycles. The lowest BCUT2D eigenvalue weighted by Crippen LogP contribution is -1.94. The van der Waals surface area contributed by atoms with Crippen LogP contribution < -0.4 is 0 Å². The second kappa shape index (κ2) is 4.45. The van der Waals surface area contributed by atoms with Crippen LogP contribution in [0.2, 0.25) is 0 Å². The van der Waals surface area contributed by atoms with Crippen LogP contribution in [0.1, 0.15) is 12.5 Å². The van der Waals surface area contributed by atoms with E-state index in [4.69, 9.17) is 0 Å². The van der Waals surface area contributed by atoms with Crippen molar-refractivity contribution in [3.63, 3.8) is 0 Å². The van der Waals surface area contributed by atoms with Crippen molar-refractivity contribution in [1.82, 2.24) is 0 Å². The van der Waals surface area contributed by atoms with E-state index in [-0.39, 0.29) is 0 Å². The molecule has 1 rings (SSSR count). The van der Waals surface area contributed by atoms with Gasteiger partial charge in [-0.25, -0.2) is 0 Å². The number of hydrogen-bond donors (Lipinski definition) is 0. The average molecular weight is 275 g/mol. The summed E-state index contributed by atoms with van der Waals surface area (Å²) in [5, 5.41) is 3.84. The van der Waals surface area contributed by atoms with Gasteiger partial charge in [0, 0.05) is 3.57 Å². The highest BCUT2D eigenvalue weighted by atomic mass is 127. The molecule has 0 saturated heterocycles. The predicted octanol–water partition coefficient (Wildman–Crippen LogP) is 2.66. The van der Waals surface area contributed by atoms with Crippen molar-refractivity contribution in [2.24, 2.45) is 5.16 Å². The highest BCUT2D eigenvalue weighted by Crippen LogP contribution is 2.07. The largest absolute Gasteiger partial charge is 0.399 e. The summed E-state index contributed by atoms with van der Waals surface area (Å²) in [7, 11) is 1.55. The van der Waals surface area contributed by atoms with Crippen LogP contribution in [0.5, 0.6) is 0 Å². The molecule has 0 N–H and O–H groups in total. The zero-order valence-corrected chi connectivity index (χ0v) is 9.20. The van der Waals surface area contributed by atoms with Crippen LogP contribution in [-0.2, 0) is 4.84 Å². The summed E-state index contributed by atoms with van der Waals surface area (Å²) < 4.78 is 1.22. The first-order chi connectivity index (χ1) is 5.74. The smallest absolute Gasteiger partial charge is 0.106 e. The Bertz CT molecular complexity index is 279. The van der Waals surface area contributed by atoms with Gasteiger partial charge < -0.3 is 4.84 Å². The molecule has 1 aromatic rings. The normalized spacial score (nSPS) is 11.4. The van der Waals surface area contributed by atoms with E-state index >= 15 is 0 Å². The van der Waals surface area contributed by atoms with Gasteiger partial charge in [-0.15, -0.1) is 0 Å². The molecule has 0 radical (unpaired) electrons. The summed E-state index contributed by atoms with van der Waals surface area (Å²) in [5.74, 6) is 0. The molecule has 0 heterocycles. The standard InChI is InChI=1S/C9H10INO/c1-7(11-12-2)8-3-5-9(10)6-4-8/h3-6H,1-2H3/b11-7+. The van der Waals surface area contributed by atoms with Gasteiger partial charge in [0.05, 0.1) is 5.71 Å². The lowest BCUT2D eigenvalue weighted by molar-refractivity contribution is 0.213. The van der Waals surface area contributed by atoms with E-state index in [2.05, 4.69) is 32.6 Å². The van der Waals surface area contributed by atoms with Crippen molar-refractivity contribution in [3.8, 4) is 0 Å². The van der Waals surface area contributed by atoms with Crippen molar-refractivity contribution in [3.05, 3.63) is 33.4 Å². The van der Waals surface area contributed by atoms with E-state index in [1.54, 1.807) is 7.11 Å². The summed E-state index contributed by atoms with van der Waals surface area (Å²) in [5.41, 5.74) is 1.99. The van der Waals surface area contributed by atoms with Gasteiger partial charge in [0.2, 0.25) is 0 Å². The molecule has 0 bridgehead atoms. The van der Waals surface area contributed by atoms with Crippen LogP contribution in [0, 0.1) is 3.57 Å². The fourth-order valence-electron chi connectivity index (χ4n) is 0.881. The lowest BCUT2D eigenvalue weighted by atomic mass is 10.1. The van der Waals surface area contributed by atoms with E-state index in [9.17, 15) is 0 Å². The first-order valence-corrected chi connectivity index (χ1v) is 4.65. The molecule has 0 spiro atoms. The minimum atomic E-state index is 0.897. The van der Waals surface area contributed by atoms with Crippen LogP contribution in [0.3, 0.4) is 0 Å². The molecule has 12 heavy (non-hydrogen) atoms. The first-order valence-electron chi connectivity index (χ1n) is 3.57. The molecule has 64 valence electrons. The summed E-state index contributed by atoms with van der Waals surface area (Å²) >= 11 is 2.27. The molecular formula is C9H10INO. The quantitative estimate of drug-likeness (QED) is 0.462. The van der Waals surface area contributed by atoms with Gasteiger partial charge >= 0.3 is 0 Å². The molecule has 0 unspecified atom stereocenters. The van der Waals surface area contributed by atoms with E-state index in [0.717, 1.165) is 11.3 Å². The Labute approximate surface area is 85.8 Å². The van der Waals surface area contributed by atoms with E-state index in [0.29, 0.717) is 0 Å². The van der Waals surface area contributed by atoms with Gasteiger partial charge in [0.25, 0.3) is 0 Å². The second-order valence-electron chi connectivity index (χ2n) is 2.37. The molecule has 0 fully saturated rings. The SMILES string of the molecule is CO/N=C(\C)c1ccc(I)cc1. The van der Waals surface area contributed by atoms with Gasteiger partial charge in [-0.05, 0) is 47.2 Å². The minimum Gasteiger partial charge on any atom is -0.399 e. The number of oxime groups is 1. The maximum atomic E-state index is 4.67. The van der Waals surface area contributed by atoms with Crippen molar-refractivity contribution >= 4 is 28.3 Å². The Morgan fingerprint density at radius 1 is 1.33 bits per heavy atom. The van der Waals surface area contributed by atoms with E-state index in [1.165, 1.54) is 3.57 Å². The van der Waals surface area contributed by atoms with Gasteiger partial charge in [-0.3, -0.25) is 0 Å². The third-order valence-electron chi connectivity index (χ3n) is 1.49. The third kappa shape index (κ3) is 2.48. The summed E-state index contributed by atoms with van der Waals surface area (Å²) in [6.45, 7) is 1.92. The molecule has 0 atom stereocenters. The Morgan fingerprint density at radius 2 is 1.92 bits per heavy atom. The van der Waals surface area contributed by atoms with Crippen LogP contribution in [-0.4, -0.2) is 12.8 Å². The molecule has 0 amide bonds. The maximum absolute atomic E-state index is 4.67. The molecule has 0 aliphatic carbocycles. The fraction of sp³-hybridized carbons (Fsp3) is 0.222. The van der Waals surface area contributed by atoms with Crippen LogP contribution in [0.4, 0.5) is 0 Å². The highest BCUT2D eigenvalue weighted by molar-refractivity contribution is 14.1. The van der Waals surface area contributed by atoms with Crippen LogP contribution in [0.25, 0.3) is 0 Å². The van der Waals surface area contributed by atoms with Gasteiger partial charge in [-0.1, -0.05) is 17.3 Å². The van der Waals surface area contributed by atoms with E-state index < -0.39 is 0 Å². The number of rotatable bonds is 2. The minimum absolute atomic E-state index is 0.897. The molecular weight excluding hydrogens is 265 g/mol. The summed E-state index contributed by atoms with van der Waals surface area (Å²) in [6.07, 6.45) is 0. The Hall–Kier alpha value is -0.580. The topological polar surface area (TPSA) is 21.6 Å². The van der Waals surface area contributed by atoms with Crippen molar-refractivity contribution in [2.75, 3.05) is 7.11 Å². The highest BCUT2D eigenvalue weighted by Gasteiger charge is 1.96. The fourth-order valence-corrected chi connectivity index (χ4v) is 1.24. The molecule has 1 aromatic carbocycles. The van der Waals surface area contributed by atoms with Gasteiger partial charge in [0.1, 0.15) is 7.11 Å². The van der Waals surface area contributed by atoms with Crippen LogP contribution >= 0.6 is 22.6 Å². The molecule has 0 aliphatic rings. The molecule has 3 heteroatoms. The molecule has 0 aliphatic heterocycles. The number of nitrogens with zero attached hydrogens (tertiary/aromatic N) is 1. The van der Waals surface area contributed by atoms with Crippen LogP contribution in [0.15, 0.2) is 29.4 Å². The average Bonchev–Trinajstić information content (AvgIpc) is 2.06. The third-order valence-corrected chi connectivity index (χ3v) is 2.21. The zero-order chi connectivity index (χ0) is 8.97. The summed E-state index contributed by atoms with van der Waals surface area (Å²) in [6, 6.07) is 8.15. The first kappa shape index (κ1) is 9.51. The maximum Gasteiger partial charge on any atom is 0.106 e. The van der Waals surface area contributed by atoms with E-state index in [1.807, 2.05) is 31.2 Å². The summed E-state index contributed by atoms with van der Waals surface area (Å²) in [4.78, 5) is 4.67. The Balaban J connectivity index is 2.89. The predicted molar refractivity (Wildman–Crippen MR) is 58.4 cm³/mol. The van der Waals surface area contributed by atoms with Crippen molar-refractivity contribution in [2.45, 2.75) is 6.92 Å². The van der Waals surface area contributed by atoms with Gasteiger partial charge in [-0.2, -0.15) is 0 Å². The number of hydrogen-bond acceptors (Lipinski definition) is 2.